The van der Waals surface area contributed by atoms with Crippen LogP contribution in [-0.2, 0) is 20.4 Å². The van der Waals surface area contributed by atoms with E-state index in [2.05, 4.69) is 5.32 Å². The van der Waals surface area contributed by atoms with E-state index in [-0.39, 0.29) is 11.8 Å². The molecule has 6 heteroatoms. The SMILES string of the molecule is N#Cc1ccccc1CS(=O)(=O)CC(=O)NC1CCCCC1. The molecule has 1 aliphatic carbocycles. The lowest BCUT2D eigenvalue weighted by Crippen LogP contribution is -2.39. The van der Waals surface area contributed by atoms with E-state index in [1.165, 1.54) is 6.42 Å². The number of sulfone groups is 1. The summed E-state index contributed by atoms with van der Waals surface area (Å²) in [6.45, 7) is 0. The van der Waals surface area contributed by atoms with Gasteiger partial charge in [0.2, 0.25) is 5.91 Å². The molecule has 0 atom stereocenters. The molecular formula is C16H20N2O3S. The van der Waals surface area contributed by atoms with Gasteiger partial charge in [-0.15, -0.1) is 0 Å². The van der Waals surface area contributed by atoms with E-state index in [1.807, 2.05) is 6.07 Å². The van der Waals surface area contributed by atoms with E-state index in [9.17, 15) is 13.2 Å². The summed E-state index contributed by atoms with van der Waals surface area (Å²) < 4.78 is 24.3. The molecule has 0 bridgehead atoms. The molecule has 5 nitrogen and oxygen atoms in total. The lowest BCUT2D eigenvalue weighted by molar-refractivity contribution is -0.119. The normalized spacial score (nSPS) is 16.0. The van der Waals surface area contributed by atoms with Gasteiger partial charge >= 0.3 is 0 Å². The number of amides is 1. The van der Waals surface area contributed by atoms with Crippen LogP contribution < -0.4 is 5.32 Å². The third-order valence-electron chi connectivity index (χ3n) is 3.83. The highest BCUT2D eigenvalue weighted by molar-refractivity contribution is 7.91. The smallest absolute Gasteiger partial charge is 0.235 e. The van der Waals surface area contributed by atoms with Crippen LogP contribution in [0, 0.1) is 11.3 Å². The number of carbonyl (C=O) groups is 1. The second kappa shape index (κ2) is 7.41. The van der Waals surface area contributed by atoms with Crippen molar-refractivity contribution in [3.05, 3.63) is 35.4 Å². The second-order valence-electron chi connectivity index (χ2n) is 5.70. The number of nitrogens with one attached hydrogen (secondary N) is 1. The van der Waals surface area contributed by atoms with Gasteiger partial charge < -0.3 is 5.32 Å². The standard InChI is InChI=1S/C16H20N2O3S/c17-10-13-6-4-5-7-14(13)11-22(20,21)12-16(19)18-15-8-2-1-3-9-15/h4-7,15H,1-3,8-9,11-12H2,(H,18,19). The van der Waals surface area contributed by atoms with Crippen LogP contribution in [0.1, 0.15) is 43.2 Å². The molecule has 1 N–H and O–H groups in total. The van der Waals surface area contributed by atoms with Gasteiger partial charge in [-0.05, 0) is 24.5 Å². The molecule has 0 saturated heterocycles. The lowest BCUT2D eigenvalue weighted by atomic mass is 9.95. The number of nitriles is 1. The Kier molecular flexibility index (Phi) is 5.56. The van der Waals surface area contributed by atoms with E-state index in [1.54, 1.807) is 24.3 Å². The third kappa shape index (κ3) is 4.85. The zero-order chi connectivity index (χ0) is 16.0. The Morgan fingerprint density at radius 2 is 1.91 bits per heavy atom. The van der Waals surface area contributed by atoms with E-state index in [4.69, 9.17) is 5.26 Å². The lowest BCUT2D eigenvalue weighted by Gasteiger charge is -2.22. The minimum atomic E-state index is -3.58. The molecule has 22 heavy (non-hydrogen) atoms. The molecule has 0 aromatic heterocycles. The topological polar surface area (TPSA) is 87.0 Å². The molecule has 0 radical (unpaired) electrons. The van der Waals surface area contributed by atoms with Gasteiger partial charge in [0.1, 0.15) is 5.75 Å². The summed E-state index contributed by atoms with van der Waals surface area (Å²) in [7, 11) is -3.58. The van der Waals surface area contributed by atoms with Crippen molar-refractivity contribution in [3.8, 4) is 6.07 Å². The summed E-state index contributed by atoms with van der Waals surface area (Å²) in [4.78, 5) is 11.9. The zero-order valence-corrected chi connectivity index (χ0v) is 13.2. The van der Waals surface area contributed by atoms with Gasteiger partial charge in [0.15, 0.2) is 9.84 Å². The third-order valence-corrected chi connectivity index (χ3v) is 5.29. The Morgan fingerprint density at radius 1 is 1.23 bits per heavy atom. The maximum absolute atomic E-state index is 12.1. The Balaban J connectivity index is 1.95. The largest absolute Gasteiger partial charge is 0.352 e. The molecule has 1 aromatic carbocycles. The Bertz CT molecular complexity index is 671. The first kappa shape index (κ1) is 16.5. The van der Waals surface area contributed by atoms with Gasteiger partial charge in [-0.25, -0.2) is 8.42 Å². The first-order valence-corrected chi connectivity index (χ1v) is 9.30. The van der Waals surface area contributed by atoms with Crippen molar-refractivity contribution in [2.24, 2.45) is 0 Å². The van der Waals surface area contributed by atoms with Crippen LogP contribution in [0.15, 0.2) is 24.3 Å². The highest BCUT2D eigenvalue weighted by Crippen LogP contribution is 2.17. The second-order valence-corrected chi connectivity index (χ2v) is 7.77. The summed E-state index contributed by atoms with van der Waals surface area (Å²) in [6, 6.07) is 8.63. The van der Waals surface area contributed by atoms with E-state index in [0.29, 0.717) is 11.1 Å². The molecule has 118 valence electrons. The number of hydrogen-bond acceptors (Lipinski definition) is 4. The maximum Gasteiger partial charge on any atom is 0.235 e. The fraction of sp³-hybridized carbons (Fsp3) is 0.500. The summed E-state index contributed by atoms with van der Waals surface area (Å²) >= 11 is 0. The van der Waals surface area contributed by atoms with Crippen LogP contribution in [0.4, 0.5) is 0 Å². The van der Waals surface area contributed by atoms with Crippen LogP contribution in [0.2, 0.25) is 0 Å². The van der Waals surface area contributed by atoms with Crippen LogP contribution in [0.3, 0.4) is 0 Å². The highest BCUT2D eigenvalue weighted by Gasteiger charge is 2.22. The van der Waals surface area contributed by atoms with Gasteiger partial charge in [-0.2, -0.15) is 5.26 Å². The van der Waals surface area contributed by atoms with Crippen molar-refractivity contribution in [1.29, 1.82) is 5.26 Å². The van der Waals surface area contributed by atoms with E-state index >= 15 is 0 Å². The molecule has 0 aliphatic heterocycles. The zero-order valence-electron chi connectivity index (χ0n) is 12.4. The molecule has 0 spiro atoms. The first-order chi connectivity index (χ1) is 10.5. The van der Waals surface area contributed by atoms with Crippen molar-refractivity contribution >= 4 is 15.7 Å². The summed E-state index contributed by atoms with van der Waals surface area (Å²) in [5, 5.41) is 11.8. The fourth-order valence-corrected chi connectivity index (χ4v) is 4.07. The minimum absolute atomic E-state index is 0.0999. The van der Waals surface area contributed by atoms with Gasteiger partial charge in [0.05, 0.1) is 17.4 Å². The van der Waals surface area contributed by atoms with Gasteiger partial charge in [-0.3, -0.25) is 4.79 Å². The highest BCUT2D eigenvalue weighted by atomic mass is 32.2. The molecule has 2 rings (SSSR count). The van der Waals surface area contributed by atoms with Crippen LogP contribution in [0.5, 0.6) is 0 Å². The van der Waals surface area contributed by atoms with Crippen LogP contribution >= 0.6 is 0 Å². The molecule has 1 saturated carbocycles. The first-order valence-electron chi connectivity index (χ1n) is 7.48. The van der Waals surface area contributed by atoms with Crippen molar-refractivity contribution in [1.82, 2.24) is 5.32 Å². The monoisotopic (exact) mass is 320 g/mol. The summed E-state index contributed by atoms with van der Waals surface area (Å²) in [6.07, 6.45) is 5.17. The Morgan fingerprint density at radius 3 is 2.59 bits per heavy atom. The van der Waals surface area contributed by atoms with Crippen molar-refractivity contribution in [3.63, 3.8) is 0 Å². The van der Waals surface area contributed by atoms with Gasteiger partial charge in [0.25, 0.3) is 0 Å². The van der Waals surface area contributed by atoms with Crippen LogP contribution in [0.25, 0.3) is 0 Å². The van der Waals surface area contributed by atoms with Crippen LogP contribution in [-0.4, -0.2) is 26.1 Å². The fourth-order valence-electron chi connectivity index (χ4n) is 2.76. The predicted molar refractivity (Wildman–Crippen MR) is 83.7 cm³/mol. The Labute approximate surface area is 131 Å². The van der Waals surface area contributed by atoms with Gasteiger partial charge in [-0.1, -0.05) is 37.5 Å². The van der Waals surface area contributed by atoms with E-state index in [0.717, 1.165) is 25.7 Å². The van der Waals surface area contributed by atoms with Gasteiger partial charge in [0, 0.05) is 6.04 Å². The molecule has 1 aliphatic rings. The molecular weight excluding hydrogens is 300 g/mol. The van der Waals surface area contributed by atoms with E-state index < -0.39 is 21.5 Å². The number of hydrogen-bond donors (Lipinski definition) is 1. The summed E-state index contributed by atoms with van der Waals surface area (Å²) in [5.74, 6) is -1.25. The van der Waals surface area contributed by atoms with Crippen molar-refractivity contribution in [2.75, 3.05) is 5.75 Å². The number of nitrogens with zero attached hydrogens (tertiary/aromatic N) is 1. The molecule has 1 fully saturated rings. The average molecular weight is 320 g/mol. The summed E-state index contributed by atoms with van der Waals surface area (Å²) in [5.41, 5.74) is 0.772. The van der Waals surface area contributed by atoms with Crippen molar-refractivity contribution in [2.45, 2.75) is 43.9 Å². The van der Waals surface area contributed by atoms with Crippen molar-refractivity contribution < 1.29 is 13.2 Å². The number of rotatable bonds is 5. The average Bonchev–Trinajstić information content (AvgIpc) is 2.47. The molecule has 1 aromatic rings. The Hall–Kier alpha value is -1.87. The number of carbonyl (C=O) groups excluding carboxylic acids is 1. The molecule has 0 unspecified atom stereocenters. The molecule has 0 heterocycles. The predicted octanol–water partition coefficient (Wildman–Crippen LogP) is 1.92. The molecule has 1 amide bonds. The maximum atomic E-state index is 12.1. The quantitative estimate of drug-likeness (QED) is 0.898. The minimum Gasteiger partial charge on any atom is -0.352 e. The number of benzene rings is 1.